The van der Waals surface area contributed by atoms with Crippen LogP contribution in [0, 0.1) is 11.3 Å². The molecule has 0 radical (unpaired) electrons. The zero-order valence-electron chi connectivity index (χ0n) is 19.3. The second kappa shape index (κ2) is 9.94. The third-order valence-electron chi connectivity index (χ3n) is 7.55. The Bertz CT molecular complexity index is 994. The van der Waals surface area contributed by atoms with E-state index in [0.29, 0.717) is 18.0 Å². The molecule has 0 bridgehead atoms. The monoisotopic (exact) mass is 443 g/mol. The van der Waals surface area contributed by atoms with Crippen molar-refractivity contribution >= 4 is 11.6 Å². The molecule has 3 fully saturated rings. The largest absolute Gasteiger partial charge is 0.369 e. The molecule has 2 aromatic carbocycles. The molecule has 2 aliphatic heterocycles. The number of amides is 1. The molecule has 172 valence electrons. The predicted octanol–water partition coefficient (Wildman–Crippen LogP) is 3.04. The third-order valence-corrected chi connectivity index (χ3v) is 7.55. The van der Waals surface area contributed by atoms with Crippen molar-refractivity contribution in [1.82, 2.24) is 14.7 Å². The second-order valence-electron chi connectivity index (χ2n) is 9.50. The average molecular weight is 444 g/mol. The average Bonchev–Trinajstić information content (AvgIpc) is 2.84. The predicted molar refractivity (Wildman–Crippen MR) is 131 cm³/mol. The summed E-state index contributed by atoms with van der Waals surface area (Å²) in [5.41, 5.74) is 4.18. The minimum absolute atomic E-state index is 0.291. The number of nitrogens with zero attached hydrogens (tertiary/aromatic N) is 5. The van der Waals surface area contributed by atoms with Gasteiger partial charge in [-0.3, -0.25) is 14.6 Å². The van der Waals surface area contributed by atoms with Gasteiger partial charge in [-0.25, -0.2) is 0 Å². The van der Waals surface area contributed by atoms with E-state index >= 15 is 0 Å². The smallest absolute Gasteiger partial charge is 0.236 e. The van der Waals surface area contributed by atoms with Gasteiger partial charge in [-0.2, -0.15) is 5.26 Å². The van der Waals surface area contributed by atoms with E-state index in [2.05, 4.69) is 49.9 Å². The molecule has 2 aromatic rings. The number of hydrogen-bond acceptors (Lipinski definition) is 5. The first-order chi connectivity index (χ1) is 16.2. The maximum Gasteiger partial charge on any atom is 0.236 e. The van der Waals surface area contributed by atoms with E-state index in [0.717, 1.165) is 69.5 Å². The lowest BCUT2D eigenvalue weighted by molar-refractivity contribution is -0.134. The Balaban J connectivity index is 1.11. The SMILES string of the molecule is N#Cc1ccc(-c2cccc(N3CCN(CC(=O)N4CCN(C5CCC5)CC4)CC3)c2)cc1. The van der Waals surface area contributed by atoms with Crippen LogP contribution < -0.4 is 4.90 Å². The van der Waals surface area contributed by atoms with Crippen molar-refractivity contribution in [3.63, 3.8) is 0 Å². The molecule has 0 unspecified atom stereocenters. The minimum Gasteiger partial charge on any atom is -0.369 e. The molecule has 6 heteroatoms. The van der Waals surface area contributed by atoms with Crippen LogP contribution in [0.3, 0.4) is 0 Å². The van der Waals surface area contributed by atoms with Crippen molar-refractivity contribution in [2.75, 3.05) is 63.8 Å². The molecule has 6 nitrogen and oxygen atoms in total. The topological polar surface area (TPSA) is 53.8 Å². The standard InChI is InChI=1S/C27H33N5O/c28-20-22-7-9-23(10-8-22)24-3-1-6-26(19-24)31-13-11-29(12-14-31)21-27(33)32-17-15-30(16-18-32)25-4-2-5-25/h1,3,6-10,19,25H,2,4-5,11-18,21H2. The van der Waals surface area contributed by atoms with E-state index in [4.69, 9.17) is 5.26 Å². The fourth-order valence-electron chi connectivity index (χ4n) is 5.16. The van der Waals surface area contributed by atoms with E-state index in [-0.39, 0.29) is 0 Å². The van der Waals surface area contributed by atoms with Crippen molar-refractivity contribution in [2.45, 2.75) is 25.3 Å². The first kappa shape index (κ1) is 21.9. The molecule has 2 saturated heterocycles. The first-order valence-corrected chi connectivity index (χ1v) is 12.3. The lowest BCUT2D eigenvalue weighted by Gasteiger charge is -2.43. The van der Waals surface area contributed by atoms with E-state index in [9.17, 15) is 4.79 Å². The summed E-state index contributed by atoms with van der Waals surface area (Å²) in [7, 11) is 0. The number of rotatable bonds is 5. The number of nitriles is 1. The normalized spacial score (nSPS) is 20.3. The van der Waals surface area contributed by atoms with Gasteiger partial charge in [0.15, 0.2) is 0 Å². The van der Waals surface area contributed by atoms with Crippen LogP contribution >= 0.6 is 0 Å². The Kier molecular flexibility index (Phi) is 6.61. The van der Waals surface area contributed by atoms with Crippen LogP contribution in [0.5, 0.6) is 0 Å². The molecule has 33 heavy (non-hydrogen) atoms. The van der Waals surface area contributed by atoms with E-state index in [1.54, 1.807) is 0 Å². The first-order valence-electron chi connectivity index (χ1n) is 12.3. The number of hydrogen-bond donors (Lipinski definition) is 0. The van der Waals surface area contributed by atoms with Crippen LogP contribution in [0.4, 0.5) is 5.69 Å². The maximum absolute atomic E-state index is 12.9. The maximum atomic E-state index is 12.9. The van der Waals surface area contributed by atoms with Crippen molar-refractivity contribution in [1.29, 1.82) is 5.26 Å². The Hall–Kier alpha value is -2.88. The molecule has 1 saturated carbocycles. The lowest BCUT2D eigenvalue weighted by Crippen LogP contribution is -2.56. The molecule has 1 amide bonds. The van der Waals surface area contributed by atoms with Crippen LogP contribution in [-0.4, -0.2) is 85.6 Å². The summed E-state index contributed by atoms with van der Waals surface area (Å²) >= 11 is 0. The molecule has 0 spiro atoms. The molecule has 2 heterocycles. The Morgan fingerprint density at radius 3 is 2.24 bits per heavy atom. The summed E-state index contributed by atoms with van der Waals surface area (Å²) < 4.78 is 0. The molecule has 5 rings (SSSR count). The molecule has 0 atom stereocenters. The Morgan fingerprint density at radius 1 is 0.879 bits per heavy atom. The molecular formula is C27H33N5O. The number of piperazine rings is 2. The zero-order chi connectivity index (χ0) is 22.6. The summed E-state index contributed by atoms with van der Waals surface area (Å²) in [5.74, 6) is 0.291. The highest BCUT2D eigenvalue weighted by molar-refractivity contribution is 5.78. The van der Waals surface area contributed by atoms with Gasteiger partial charge in [0.2, 0.25) is 5.91 Å². The summed E-state index contributed by atoms with van der Waals surface area (Å²) in [6.45, 7) is 8.08. The number of carbonyl (C=O) groups is 1. The van der Waals surface area contributed by atoms with Gasteiger partial charge in [-0.15, -0.1) is 0 Å². The zero-order valence-corrected chi connectivity index (χ0v) is 19.3. The number of carbonyl (C=O) groups excluding carboxylic acids is 1. The second-order valence-corrected chi connectivity index (χ2v) is 9.50. The molecule has 0 N–H and O–H groups in total. The van der Waals surface area contributed by atoms with E-state index in [1.807, 2.05) is 24.3 Å². The highest BCUT2D eigenvalue weighted by Gasteiger charge is 2.30. The third kappa shape index (κ3) is 5.05. The van der Waals surface area contributed by atoms with Crippen molar-refractivity contribution < 1.29 is 4.79 Å². The molecular weight excluding hydrogens is 410 g/mol. The Morgan fingerprint density at radius 2 is 1.61 bits per heavy atom. The highest BCUT2D eigenvalue weighted by atomic mass is 16.2. The van der Waals surface area contributed by atoms with E-state index < -0.39 is 0 Å². The van der Waals surface area contributed by atoms with E-state index in [1.165, 1.54) is 24.9 Å². The summed E-state index contributed by atoms with van der Waals surface area (Å²) in [6.07, 6.45) is 4.05. The molecule has 0 aromatic heterocycles. The van der Waals surface area contributed by atoms with Gasteiger partial charge >= 0.3 is 0 Å². The lowest BCUT2D eigenvalue weighted by atomic mass is 9.91. The van der Waals surface area contributed by atoms with Crippen LogP contribution in [-0.2, 0) is 4.79 Å². The van der Waals surface area contributed by atoms with Gasteiger partial charge in [0, 0.05) is 64.1 Å². The van der Waals surface area contributed by atoms with Gasteiger partial charge < -0.3 is 9.80 Å². The van der Waals surface area contributed by atoms with Gasteiger partial charge in [0.05, 0.1) is 18.2 Å². The molecule has 3 aliphatic rings. The summed E-state index contributed by atoms with van der Waals surface area (Å²) in [6, 6.07) is 19.3. The van der Waals surface area contributed by atoms with Crippen molar-refractivity contribution in [2.24, 2.45) is 0 Å². The fourth-order valence-corrected chi connectivity index (χ4v) is 5.16. The fraction of sp³-hybridized carbons (Fsp3) is 0.481. The van der Waals surface area contributed by atoms with Gasteiger partial charge in [-0.1, -0.05) is 30.7 Å². The number of benzene rings is 2. The van der Waals surface area contributed by atoms with Crippen molar-refractivity contribution in [3.05, 3.63) is 54.1 Å². The highest BCUT2D eigenvalue weighted by Crippen LogP contribution is 2.27. The van der Waals surface area contributed by atoms with Gasteiger partial charge in [0.1, 0.15) is 0 Å². The molecule has 1 aliphatic carbocycles. The van der Waals surface area contributed by atoms with Crippen LogP contribution in [0.2, 0.25) is 0 Å². The van der Waals surface area contributed by atoms with Gasteiger partial charge in [0.25, 0.3) is 0 Å². The minimum atomic E-state index is 0.291. The van der Waals surface area contributed by atoms with Crippen LogP contribution in [0.25, 0.3) is 11.1 Å². The van der Waals surface area contributed by atoms with Gasteiger partial charge in [-0.05, 0) is 48.2 Å². The van der Waals surface area contributed by atoms with Crippen LogP contribution in [0.1, 0.15) is 24.8 Å². The quantitative estimate of drug-likeness (QED) is 0.711. The Labute approximate surface area is 197 Å². The number of anilines is 1. The summed E-state index contributed by atoms with van der Waals surface area (Å²) in [5, 5.41) is 9.02. The summed E-state index contributed by atoms with van der Waals surface area (Å²) in [4.78, 5) is 22.2. The van der Waals surface area contributed by atoms with Crippen LogP contribution in [0.15, 0.2) is 48.5 Å². The van der Waals surface area contributed by atoms with Crippen molar-refractivity contribution in [3.8, 4) is 17.2 Å².